The summed E-state index contributed by atoms with van der Waals surface area (Å²) in [5.41, 5.74) is 0.875. The molecule has 2 N–H and O–H groups in total. The van der Waals surface area contributed by atoms with Crippen molar-refractivity contribution < 1.29 is 19.8 Å². The minimum Gasteiger partial charge on any atom is -0.478 e. The van der Waals surface area contributed by atoms with Crippen LogP contribution in [-0.2, 0) is 0 Å². The van der Waals surface area contributed by atoms with E-state index < -0.39 is 17.9 Å². The lowest BCUT2D eigenvalue weighted by atomic mass is 9.93. The lowest BCUT2D eigenvalue weighted by molar-refractivity contribution is 0.0693. The predicted molar refractivity (Wildman–Crippen MR) is 73.9 cm³/mol. The molecule has 0 saturated heterocycles. The van der Waals surface area contributed by atoms with E-state index in [9.17, 15) is 14.7 Å². The van der Waals surface area contributed by atoms with Gasteiger partial charge in [-0.25, -0.2) is 4.79 Å². The standard InChI is InChI=1S/C16H14O4/c1-10(17)11-6-2-3-7-12(11)15(18)13-8-4-5-9-14(13)16(19)20/h2-10,17H,1H3,(H,19,20). The van der Waals surface area contributed by atoms with Crippen LogP contribution in [0.5, 0.6) is 0 Å². The summed E-state index contributed by atoms with van der Waals surface area (Å²) < 4.78 is 0. The third-order valence-corrected chi connectivity index (χ3v) is 3.06. The monoisotopic (exact) mass is 270 g/mol. The van der Waals surface area contributed by atoms with Crippen LogP contribution in [0.2, 0.25) is 0 Å². The largest absolute Gasteiger partial charge is 0.478 e. The number of hydrogen-bond acceptors (Lipinski definition) is 3. The van der Waals surface area contributed by atoms with Crippen molar-refractivity contribution in [3.05, 3.63) is 70.8 Å². The van der Waals surface area contributed by atoms with Gasteiger partial charge in [-0.3, -0.25) is 4.79 Å². The minimum absolute atomic E-state index is 0.0436. The maximum absolute atomic E-state index is 12.5. The Kier molecular flexibility index (Phi) is 3.96. The van der Waals surface area contributed by atoms with Gasteiger partial charge in [-0.05, 0) is 18.6 Å². The summed E-state index contributed by atoms with van der Waals surface area (Å²) in [7, 11) is 0. The normalized spacial score (nSPS) is 11.9. The summed E-state index contributed by atoms with van der Waals surface area (Å²) >= 11 is 0. The molecule has 0 bridgehead atoms. The average molecular weight is 270 g/mol. The zero-order valence-electron chi connectivity index (χ0n) is 10.9. The highest BCUT2D eigenvalue weighted by molar-refractivity contribution is 6.14. The molecule has 0 amide bonds. The van der Waals surface area contributed by atoms with Gasteiger partial charge in [0.1, 0.15) is 0 Å². The Labute approximate surface area is 116 Å². The first-order valence-corrected chi connectivity index (χ1v) is 6.16. The Balaban J connectivity index is 2.56. The molecule has 4 heteroatoms. The van der Waals surface area contributed by atoms with Crippen LogP contribution < -0.4 is 0 Å². The highest BCUT2D eigenvalue weighted by atomic mass is 16.4. The van der Waals surface area contributed by atoms with Crippen molar-refractivity contribution in [3.8, 4) is 0 Å². The van der Waals surface area contributed by atoms with Crippen molar-refractivity contribution in [2.24, 2.45) is 0 Å². The van der Waals surface area contributed by atoms with E-state index in [1.807, 2.05) is 0 Å². The molecule has 2 rings (SSSR count). The van der Waals surface area contributed by atoms with Crippen LogP contribution >= 0.6 is 0 Å². The van der Waals surface area contributed by atoms with Crippen LogP contribution in [0.4, 0.5) is 0 Å². The Morgan fingerprint density at radius 1 is 0.900 bits per heavy atom. The maximum atomic E-state index is 12.5. The van der Waals surface area contributed by atoms with Crippen molar-refractivity contribution >= 4 is 11.8 Å². The lowest BCUT2D eigenvalue weighted by Crippen LogP contribution is -2.12. The molecule has 102 valence electrons. The van der Waals surface area contributed by atoms with Gasteiger partial charge >= 0.3 is 5.97 Å². The molecule has 0 aliphatic heterocycles. The molecule has 0 fully saturated rings. The zero-order chi connectivity index (χ0) is 14.7. The first kappa shape index (κ1) is 14.0. The van der Waals surface area contributed by atoms with Gasteiger partial charge in [0.25, 0.3) is 0 Å². The molecule has 0 saturated carbocycles. The SMILES string of the molecule is CC(O)c1ccccc1C(=O)c1ccccc1C(=O)O. The van der Waals surface area contributed by atoms with Gasteiger partial charge in [0.15, 0.2) is 5.78 Å². The molecule has 1 unspecified atom stereocenters. The summed E-state index contributed by atoms with van der Waals surface area (Å²) in [6.07, 6.45) is -0.799. The Morgan fingerprint density at radius 3 is 1.95 bits per heavy atom. The van der Waals surface area contributed by atoms with Gasteiger partial charge in [0, 0.05) is 11.1 Å². The summed E-state index contributed by atoms with van der Waals surface area (Å²) in [6.45, 7) is 1.56. The fourth-order valence-corrected chi connectivity index (χ4v) is 2.08. The number of benzene rings is 2. The molecule has 0 spiro atoms. The Hall–Kier alpha value is -2.46. The van der Waals surface area contributed by atoms with Crippen molar-refractivity contribution in [2.45, 2.75) is 13.0 Å². The maximum Gasteiger partial charge on any atom is 0.336 e. The van der Waals surface area contributed by atoms with Crippen LogP contribution in [0.15, 0.2) is 48.5 Å². The lowest BCUT2D eigenvalue weighted by Gasteiger charge is -2.12. The van der Waals surface area contributed by atoms with Crippen LogP contribution in [0, 0.1) is 0 Å². The molecule has 0 aromatic heterocycles. The van der Waals surface area contributed by atoms with E-state index >= 15 is 0 Å². The molecule has 2 aromatic rings. The Morgan fingerprint density at radius 2 is 1.40 bits per heavy atom. The number of aliphatic hydroxyl groups excluding tert-OH is 1. The summed E-state index contributed by atoms with van der Waals surface area (Å²) in [4.78, 5) is 23.7. The number of carbonyl (C=O) groups is 2. The number of aromatic carboxylic acids is 1. The van der Waals surface area contributed by atoms with E-state index in [1.165, 1.54) is 12.1 Å². The van der Waals surface area contributed by atoms with Crippen LogP contribution in [0.25, 0.3) is 0 Å². The fourth-order valence-electron chi connectivity index (χ4n) is 2.08. The summed E-state index contributed by atoms with van der Waals surface area (Å²) in [5.74, 6) is -1.55. The van der Waals surface area contributed by atoms with Gasteiger partial charge in [0.2, 0.25) is 0 Å². The van der Waals surface area contributed by atoms with E-state index in [0.29, 0.717) is 11.1 Å². The second-order valence-corrected chi connectivity index (χ2v) is 4.44. The number of ketones is 1. The number of carboxylic acids is 1. The predicted octanol–water partition coefficient (Wildman–Crippen LogP) is 2.67. The molecule has 0 aliphatic carbocycles. The van der Waals surface area contributed by atoms with Crippen molar-refractivity contribution in [1.29, 1.82) is 0 Å². The summed E-state index contributed by atoms with van der Waals surface area (Å²) in [5, 5.41) is 18.8. The van der Waals surface area contributed by atoms with E-state index in [2.05, 4.69) is 0 Å². The molecule has 20 heavy (non-hydrogen) atoms. The molecular formula is C16H14O4. The number of carbonyl (C=O) groups excluding carboxylic acids is 1. The van der Waals surface area contributed by atoms with E-state index in [1.54, 1.807) is 43.3 Å². The average Bonchev–Trinajstić information content (AvgIpc) is 2.46. The fraction of sp³-hybridized carbons (Fsp3) is 0.125. The second kappa shape index (κ2) is 5.67. The van der Waals surface area contributed by atoms with E-state index in [0.717, 1.165) is 0 Å². The molecule has 0 radical (unpaired) electrons. The van der Waals surface area contributed by atoms with Gasteiger partial charge in [-0.15, -0.1) is 0 Å². The van der Waals surface area contributed by atoms with Crippen LogP contribution in [-0.4, -0.2) is 22.0 Å². The summed E-state index contributed by atoms with van der Waals surface area (Å²) in [6, 6.07) is 12.7. The smallest absolute Gasteiger partial charge is 0.336 e. The van der Waals surface area contributed by atoms with Gasteiger partial charge < -0.3 is 10.2 Å². The molecule has 1 atom stereocenters. The van der Waals surface area contributed by atoms with Crippen molar-refractivity contribution in [2.75, 3.05) is 0 Å². The van der Waals surface area contributed by atoms with Crippen molar-refractivity contribution in [3.63, 3.8) is 0 Å². The second-order valence-electron chi connectivity index (χ2n) is 4.44. The van der Waals surface area contributed by atoms with Gasteiger partial charge in [-0.1, -0.05) is 42.5 Å². The first-order chi connectivity index (χ1) is 9.52. The highest BCUT2D eigenvalue weighted by Crippen LogP contribution is 2.22. The molecule has 4 nitrogen and oxygen atoms in total. The zero-order valence-corrected chi connectivity index (χ0v) is 10.9. The quantitative estimate of drug-likeness (QED) is 0.837. The van der Waals surface area contributed by atoms with Gasteiger partial charge in [0.05, 0.1) is 11.7 Å². The molecule has 0 aliphatic rings. The van der Waals surface area contributed by atoms with E-state index in [4.69, 9.17) is 5.11 Å². The number of rotatable bonds is 4. The number of carboxylic acid groups (broad SMARTS) is 1. The number of aliphatic hydroxyl groups is 1. The van der Waals surface area contributed by atoms with E-state index in [-0.39, 0.29) is 11.1 Å². The first-order valence-electron chi connectivity index (χ1n) is 6.16. The molecule has 0 heterocycles. The Bertz CT molecular complexity index is 659. The molecular weight excluding hydrogens is 256 g/mol. The van der Waals surface area contributed by atoms with Crippen LogP contribution in [0.1, 0.15) is 44.9 Å². The number of hydrogen-bond donors (Lipinski definition) is 2. The third kappa shape index (κ3) is 2.60. The minimum atomic E-state index is -1.15. The molecule has 2 aromatic carbocycles. The topological polar surface area (TPSA) is 74.6 Å². The van der Waals surface area contributed by atoms with Crippen LogP contribution in [0.3, 0.4) is 0 Å². The van der Waals surface area contributed by atoms with Gasteiger partial charge in [-0.2, -0.15) is 0 Å². The third-order valence-electron chi connectivity index (χ3n) is 3.06. The van der Waals surface area contributed by atoms with Crippen molar-refractivity contribution in [1.82, 2.24) is 0 Å². The highest BCUT2D eigenvalue weighted by Gasteiger charge is 2.20.